The number of benzene rings is 2. The number of fused-ring (bicyclic) bond motifs is 1. The fourth-order valence-electron chi connectivity index (χ4n) is 8.06. The third-order valence-electron chi connectivity index (χ3n) is 10.8. The van der Waals surface area contributed by atoms with Gasteiger partial charge in [-0.1, -0.05) is 98.2 Å². The fraction of sp³-hybridized carbons (Fsp3) is 0.455. The largest absolute Gasteiger partial charge is 0.429 e. The van der Waals surface area contributed by atoms with Gasteiger partial charge in [0.1, 0.15) is 0 Å². The predicted molar refractivity (Wildman–Crippen MR) is 206 cm³/mol. The first-order chi connectivity index (χ1) is 24.9. The first kappa shape index (κ1) is 39.0. The van der Waals surface area contributed by atoms with Gasteiger partial charge in [0.25, 0.3) is 0 Å². The highest BCUT2D eigenvalue weighted by molar-refractivity contribution is 5.90. The smallest absolute Gasteiger partial charge is 0.333 e. The van der Waals surface area contributed by atoms with Crippen LogP contribution in [0.25, 0.3) is 10.9 Å². The highest BCUT2D eigenvalue weighted by Gasteiger charge is 2.34. The molecule has 1 unspecified atom stereocenters. The van der Waals surface area contributed by atoms with Crippen LogP contribution in [0.4, 0.5) is 0 Å². The number of esters is 1. The molecule has 0 spiro atoms. The topological polar surface area (TPSA) is 124 Å². The first-order valence-electron chi connectivity index (χ1n) is 18.8. The molecule has 2 aromatic carbocycles. The summed E-state index contributed by atoms with van der Waals surface area (Å²) in [5, 5.41) is 21.2. The zero-order valence-electron chi connectivity index (χ0n) is 31.5. The lowest BCUT2D eigenvalue weighted by atomic mass is 9.71. The molecule has 0 saturated carbocycles. The first-order valence-corrected chi connectivity index (χ1v) is 18.8. The third kappa shape index (κ3) is 9.59. The van der Waals surface area contributed by atoms with Crippen molar-refractivity contribution < 1.29 is 29.3 Å². The number of nitrogens with two attached hydrogens (primary N) is 1. The van der Waals surface area contributed by atoms with Gasteiger partial charge in [0, 0.05) is 34.8 Å². The number of carbonyl (C=O) groups is 2. The van der Waals surface area contributed by atoms with Gasteiger partial charge in [-0.3, -0.25) is 4.79 Å². The van der Waals surface area contributed by atoms with Crippen LogP contribution < -0.4 is 5.73 Å². The molecule has 1 aliphatic carbocycles. The van der Waals surface area contributed by atoms with Gasteiger partial charge in [-0.2, -0.15) is 0 Å². The zero-order chi connectivity index (χ0) is 37.4. The Balaban J connectivity index is 0.000000210. The average Bonchev–Trinajstić information content (AvgIpc) is 3.59. The van der Waals surface area contributed by atoms with Crippen LogP contribution in [0.15, 0.2) is 101 Å². The molecule has 6 rings (SSSR count). The molecule has 278 valence electrons. The van der Waals surface area contributed by atoms with Crippen molar-refractivity contribution in [3.05, 3.63) is 118 Å². The van der Waals surface area contributed by atoms with Crippen LogP contribution >= 0.6 is 0 Å². The van der Waals surface area contributed by atoms with Gasteiger partial charge in [0.05, 0.1) is 12.5 Å². The van der Waals surface area contributed by atoms with E-state index in [0.29, 0.717) is 23.8 Å². The van der Waals surface area contributed by atoms with Crippen molar-refractivity contribution in [3.63, 3.8) is 0 Å². The number of primary amides is 1. The van der Waals surface area contributed by atoms with Gasteiger partial charge in [-0.25, -0.2) is 4.79 Å². The van der Waals surface area contributed by atoms with Crippen molar-refractivity contribution in [3.8, 4) is 0 Å². The van der Waals surface area contributed by atoms with Crippen molar-refractivity contribution >= 4 is 22.8 Å². The second-order valence-electron chi connectivity index (χ2n) is 15.0. The molecule has 0 radical (unpaired) electrons. The maximum absolute atomic E-state index is 11.5. The van der Waals surface area contributed by atoms with E-state index in [1.807, 2.05) is 24.3 Å². The highest BCUT2D eigenvalue weighted by atomic mass is 16.6. The Labute approximate surface area is 308 Å². The number of allylic oxidation sites excluding steroid dienone is 4. The standard InChI is InChI=1S/C25H36O5.C19H20N2O/c1-16(10-12-20-17(2)8-6-14-25(20,3)4)7-5-9-18-11-13-21(29-23(18)27)19-15-22(26)30-24(19)28;1-2-17-16(12-19(20)22)15-10-6-7-11-18(15)21(17)13-14-8-4-3-5-9-14/h7,11,15,21,23-24,27-28H,5-6,8-10,12-14H2,1-4H3;3-11H,2,12-13H2,1H3,(H2,20,22)/b16-7+;/t21-,23-,24?;/m1./s1. The Morgan fingerprint density at radius 2 is 1.79 bits per heavy atom. The summed E-state index contributed by atoms with van der Waals surface area (Å²) >= 11 is 0. The summed E-state index contributed by atoms with van der Waals surface area (Å²) in [5.74, 6) is -0.856. The molecule has 0 bridgehead atoms. The monoisotopic (exact) mass is 708 g/mol. The number of nitrogens with zero attached hydrogens (tertiary/aromatic N) is 1. The van der Waals surface area contributed by atoms with Crippen LogP contribution in [-0.4, -0.2) is 45.3 Å². The number of hydrogen-bond donors (Lipinski definition) is 3. The SMILES string of the molecule is CC1=C(CC/C(C)=C/CCC2=CC[C@H](C3=CC(=O)OC3O)O[C@H]2O)C(C)(C)CCC1.CCc1c(CC(N)=O)c2ccccc2n1Cc1ccccc1. The minimum absolute atomic E-state index is 0.280. The van der Waals surface area contributed by atoms with E-state index in [9.17, 15) is 19.8 Å². The number of para-hydroxylation sites is 1. The quantitative estimate of drug-likeness (QED) is 0.129. The lowest BCUT2D eigenvalue weighted by molar-refractivity contribution is -0.155. The number of rotatable bonds is 12. The van der Waals surface area contributed by atoms with Crippen LogP contribution in [0.2, 0.25) is 0 Å². The molecule has 4 N–H and O–H groups in total. The minimum Gasteiger partial charge on any atom is -0.429 e. The van der Waals surface area contributed by atoms with E-state index in [4.69, 9.17) is 15.2 Å². The third-order valence-corrected chi connectivity index (χ3v) is 10.8. The van der Waals surface area contributed by atoms with Gasteiger partial charge in [0.2, 0.25) is 12.2 Å². The van der Waals surface area contributed by atoms with E-state index in [1.54, 1.807) is 11.1 Å². The normalized spacial score (nSPS) is 21.7. The molecule has 3 aromatic rings. The fourth-order valence-corrected chi connectivity index (χ4v) is 8.06. The van der Waals surface area contributed by atoms with E-state index < -0.39 is 24.7 Å². The number of ether oxygens (including phenoxy) is 2. The highest BCUT2D eigenvalue weighted by Crippen LogP contribution is 2.42. The Kier molecular flexibility index (Phi) is 13.1. The van der Waals surface area contributed by atoms with Crippen molar-refractivity contribution in [2.24, 2.45) is 11.1 Å². The number of aliphatic hydroxyl groups excluding tert-OH is 2. The molecule has 3 aliphatic rings. The van der Waals surface area contributed by atoms with Gasteiger partial charge >= 0.3 is 5.97 Å². The average molecular weight is 709 g/mol. The number of cyclic esters (lactones) is 1. The number of aromatic nitrogens is 1. The molecule has 3 heterocycles. The maximum Gasteiger partial charge on any atom is 0.333 e. The second kappa shape index (κ2) is 17.5. The lowest BCUT2D eigenvalue weighted by Gasteiger charge is -2.35. The Hall–Kier alpha value is -4.24. The lowest BCUT2D eigenvalue weighted by Crippen LogP contribution is -2.32. The van der Waals surface area contributed by atoms with Gasteiger partial charge < -0.3 is 30.0 Å². The molecule has 8 nitrogen and oxygen atoms in total. The molecular formula is C44H56N2O6. The van der Waals surface area contributed by atoms with Gasteiger partial charge in [0.15, 0.2) is 6.29 Å². The van der Waals surface area contributed by atoms with Crippen LogP contribution in [0.3, 0.4) is 0 Å². The minimum atomic E-state index is -1.27. The molecule has 0 fully saturated rings. The summed E-state index contributed by atoms with van der Waals surface area (Å²) in [5.41, 5.74) is 16.3. The van der Waals surface area contributed by atoms with E-state index >= 15 is 0 Å². The van der Waals surface area contributed by atoms with Crippen LogP contribution in [0, 0.1) is 5.41 Å². The van der Waals surface area contributed by atoms with E-state index in [1.165, 1.54) is 47.7 Å². The maximum atomic E-state index is 11.5. The number of aliphatic hydroxyl groups is 2. The van der Waals surface area contributed by atoms with E-state index in [2.05, 4.69) is 81.7 Å². The summed E-state index contributed by atoms with van der Waals surface area (Å²) in [6, 6.07) is 18.6. The molecular weight excluding hydrogens is 652 g/mol. The summed E-state index contributed by atoms with van der Waals surface area (Å²) in [6.45, 7) is 12.2. The summed E-state index contributed by atoms with van der Waals surface area (Å²) in [7, 11) is 0. The molecule has 3 atom stereocenters. The zero-order valence-corrected chi connectivity index (χ0v) is 31.5. The summed E-state index contributed by atoms with van der Waals surface area (Å²) in [4.78, 5) is 22.7. The van der Waals surface area contributed by atoms with Crippen LogP contribution in [0.5, 0.6) is 0 Å². The number of hydrogen-bond acceptors (Lipinski definition) is 6. The molecule has 1 amide bonds. The van der Waals surface area contributed by atoms with Crippen molar-refractivity contribution in [2.75, 3.05) is 0 Å². The van der Waals surface area contributed by atoms with Crippen molar-refractivity contribution in [2.45, 2.75) is 124 Å². The van der Waals surface area contributed by atoms with E-state index in [-0.39, 0.29) is 5.91 Å². The molecule has 8 heteroatoms. The van der Waals surface area contributed by atoms with Crippen molar-refractivity contribution in [1.29, 1.82) is 0 Å². The van der Waals surface area contributed by atoms with Gasteiger partial charge in [-0.05, 0) is 99.8 Å². The van der Waals surface area contributed by atoms with Crippen molar-refractivity contribution in [1.82, 2.24) is 4.57 Å². The molecule has 52 heavy (non-hydrogen) atoms. The molecule has 2 aliphatic heterocycles. The van der Waals surface area contributed by atoms with Gasteiger partial charge in [-0.15, -0.1) is 0 Å². The Morgan fingerprint density at radius 3 is 2.44 bits per heavy atom. The summed E-state index contributed by atoms with van der Waals surface area (Å²) < 4.78 is 12.6. The van der Waals surface area contributed by atoms with Crippen LogP contribution in [0.1, 0.15) is 103 Å². The molecule has 0 saturated heterocycles. The van der Waals surface area contributed by atoms with E-state index in [0.717, 1.165) is 55.2 Å². The molecule has 1 aromatic heterocycles. The Morgan fingerprint density at radius 1 is 1.06 bits per heavy atom. The number of amides is 1. The predicted octanol–water partition coefficient (Wildman–Crippen LogP) is 8.13. The summed E-state index contributed by atoms with van der Waals surface area (Å²) in [6.07, 6.45) is 12.0. The second-order valence-corrected chi connectivity index (χ2v) is 15.0. The van der Waals surface area contributed by atoms with Crippen LogP contribution in [-0.2, 0) is 38.4 Å². The number of carbonyl (C=O) groups excluding carboxylic acids is 2. The Bertz CT molecular complexity index is 1860.